The Morgan fingerprint density at radius 2 is 2.20 bits per heavy atom. The molecule has 1 aromatic heterocycles. The summed E-state index contributed by atoms with van der Waals surface area (Å²) < 4.78 is 4.41. The molecule has 0 spiro atoms. The molecule has 0 aromatic carbocycles. The van der Waals surface area contributed by atoms with Crippen molar-refractivity contribution in [1.82, 2.24) is 14.6 Å². The lowest BCUT2D eigenvalue weighted by atomic mass is 10.1. The number of rotatable bonds is 4. The van der Waals surface area contributed by atoms with Gasteiger partial charge in [-0.1, -0.05) is 6.92 Å². The summed E-state index contributed by atoms with van der Waals surface area (Å²) in [6, 6.07) is 2.79. The fourth-order valence-electron chi connectivity index (χ4n) is 2.82. The van der Waals surface area contributed by atoms with E-state index in [1.807, 2.05) is 6.07 Å². The first-order valence-electron chi connectivity index (χ1n) is 7.56. The van der Waals surface area contributed by atoms with Gasteiger partial charge in [0.1, 0.15) is 4.88 Å². The normalized spacial score (nSPS) is 27.2. The molecule has 110 valence electrons. The third-order valence-corrected chi connectivity index (χ3v) is 5.24. The van der Waals surface area contributed by atoms with Crippen LogP contribution in [0.4, 0.5) is 0 Å². The number of nitrogens with zero attached hydrogens (tertiary/aromatic N) is 2. The van der Waals surface area contributed by atoms with Crippen molar-refractivity contribution in [3.05, 3.63) is 16.6 Å². The zero-order valence-corrected chi connectivity index (χ0v) is 13.2. The highest BCUT2D eigenvalue weighted by Gasteiger charge is 2.33. The van der Waals surface area contributed by atoms with Crippen molar-refractivity contribution in [1.29, 1.82) is 0 Å². The lowest BCUT2D eigenvalue weighted by Crippen LogP contribution is -2.40. The van der Waals surface area contributed by atoms with Crippen molar-refractivity contribution >= 4 is 17.4 Å². The van der Waals surface area contributed by atoms with Crippen molar-refractivity contribution in [3.8, 4) is 0 Å². The van der Waals surface area contributed by atoms with Gasteiger partial charge in [0, 0.05) is 31.1 Å². The van der Waals surface area contributed by atoms with Gasteiger partial charge in [-0.25, -0.2) is 0 Å². The molecule has 20 heavy (non-hydrogen) atoms. The Morgan fingerprint density at radius 1 is 1.45 bits per heavy atom. The Labute approximate surface area is 124 Å². The van der Waals surface area contributed by atoms with E-state index < -0.39 is 0 Å². The Kier molecular flexibility index (Phi) is 3.82. The Morgan fingerprint density at radius 3 is 2.80 bits per heavy atom. The first-order valence-corrected chi connectivity index (χ1v) is 8.33. The smallest absolute Gasteiger partial charge is 0.263 e. The van der Waals surface area contributed by atoms with E-state index in [1.165, 1.54) is 24.4 Å². The van der Waals surface area contributed by atoms with E-state index in [-0.39, 0.29) is 11.9 Å². The molecule has 1 saturated carbocycles. The molecule has 2 atom stereocenters. The summed E-state index contributed by atoms with van der Waals surface area (Å²) in [5.41, 5.74) is 1.11. The summed E-state index contributed by atoms with van der Waals surface area (Å²) in [4.78, 5) is 15.5. The van der Waals surface area contributed by atoms with Gasteiger partial charge in [-0.2, -0.15) is 4.37 Å². The van der Waals surface area contributed by atoms with Gasteiger partial charge in [-0.15, -0.1) is 0 Å². The van der Waals surface area contributed by atoms with Crippen LogP contribution in [0.3, 0.4) is 0 Å². The predicted octanol–water partition coefficient (Wildman–Crippen LogP) is 2.48. The number of hydrogen-bond donors (Lipinski definition) is 1. The number of likely N-dealkylation sites (tertiary alicyclic amines) is 1. The maximum atomic E-state index is 12.3. The predicted molar refractivity (Wildman–Crippen MR) is 81.2 cm³/mol. The van der Waals surface area contributed by atoms with Gasteiger partial charge >= 0.3 is 0 Å². The van der Waals surface area contributed by atoms with Crippen LogP contribution in [0.1, 0.15) is 54.9 Å². The minimum atomic E-state index is 0.0526. The summed E-state index contributed by atoms with van der Waals surface area (Å²) in [5.74, 6) is 1.18. The average molecular weight is 293 g/mol. The van der Waals surface area contributed by atoms with Crippen LogP contribution in [0, 0.1) is 5.92 Å². The van der Waals surface area contributed by atoms with Crippen LogP contribution in [0.15, 0.2) is 6.07 Å². The molecule has 2 heterocycles. The molecule has 1 aromatic rings. The highest BCUT2D eigenvalue weighted by molar-refractivity contribution is 7.08. The van der Waals surface area contributed by atoms with Crippen molar-refractivity contribution in [2.75, 3.05) is 13.1 Å². The summed E-state index contributed by atoms with van der Waals surface area (Å²) in [7, 11) is 0. The second-order valence-electron chi connectivity index (χ2n) is 6.50. The van der Waals surface area contributed by atoms with E-state index in [0.29, 0.717) is 17.9 Å². The molecule has 0 radical (unpaired) electrons. The topological polar surface area (TPSA) is 45.2 Å². The van der Waals surface area contributed by atoms with Crippen LogP contribution < -0.4 is 5.32 Å². The van der Waals surface area contributed by atoms with Crippen LogP contribution >= 0.6 is 11.5 Å². The van der Waals surface area contributed by atoms with Crippen LogP contribution in [0.5, 0.6) is 0 Å². The standard InChI is InChI=1S/C15H23N3OS/c1-9(2)18-7-10(3)13(8-18)16-15(19)14-6-12(17-20-14)11-4-5-11/h6,9-11,13H,4-5,7-8H2,1-3H3,(H,16,19)/t10-,13+/m1/s1. The Hall–Kier alpha value is -0.940. The van der Waals surface area contributed by atoms with Crippen molar-refractivity contribution in [3.63, 3.8) is 0 Å². The van der Waals surface area contributed by atoms with Crippen molar-refractivity contribution in [2.24, 2.45) is 5.92 Å². The fraction of sp³-hybridized carbons (Fsp3) is 0.733. The first-order chi connectivity index (χ1) is 9.54. The zero-order valence-electron chi connectivity index (χ0n) is 12.4. The molecule has 1 aliphatic carbocycles. The maximum absolute atomic E-state index is 12.3. The molecule has 0 bridgehead atoms. The molecule has 4 nitrogen and oxygen atoms in total. The van der Waals surface area contributed by atoms with Crippen LogP contribution in [0.25, 0.3) is 0 Å². The molecule has 2 aliphatic rings. The monoisotopic (exact) mass is 293 g/mol. The third kappa shape index (κ3) is 2.88. The summed E-state index contributed by atoms with van der Waals surface area (Å²) in [6.45, 7) is 8.66. The van der Waals surface area contributed by atoms with Crippen molar-refractivity contribution in [2.45, 2.75) is 51.6 Å². The zero-order chi connectivity index (χ0) is 14.3. The highest BCUT2D eigenvalue weighted by atomic mass is 32.1. The quantitative estimate of drug-likeness (QED) is 0.927. The van der Waals surface area contributed by atoms with Gasteiger partial charge in [-0.3, -0.25) is 9.69 Å². The molecular formula is C15H23N3OS. The molecule has 1 aliphatic heterocycles. The number of aromatic nitrogens is 1. The molecule has 3 rings (SSSR count). The van der Waals surface area contributed by atoms with Gasteiger partial charge in [0.25, 0.3) is 5.91 Å². The number of carbonyl (C=O) groups excluding carboxylic acids is 1. The Balaban J connectivity index is 1.60. The largest absolute Gasteiger partial charge is 0.347 e. The first kappa shape index (κ1) is 14.0. The van der Waals surface area contributed by atoms with Gasteiger partial charge in [0.2, 0.25) is 0 Å². The second kappa shape index (κ2) is 5.45. The van der Waals surface area contributed by atoms with E-state index in [1.54, 1.807) is 0 Å². The summed E-state index contributed by atoms with van der Waals surface area (Å²) in [6.07, 6.45) is 2.46. The average Bonchev–Trinajstić information content (AvgIpc) is 3.01. The number of amides is 1. The van der Waals surface area contributed by atoms with Crippen molar-refractivity contribution < 1.29 is 4.79 Å². The summed E-state index contributed by atoms with van der Waals surface area (Å²) >= 11 is 1.34. The van der Waals surface area contributed by atoms with E-state index >= 15 is 0 Å². The number of hydrogen-bond acceptors (Lipinski definition) is 4. The van der Waals surface area contributed by atoms with E-state index in [4.69, 9.17) is 0 Å². The molecule has 1 amide bonds. The third-order valence-electron chi connectivity index (χ3n) is 4.44. The molecule has 1 saturated heterocycles. The molecular weight excluding hydrogens is 270 g/mol. The maximum Gasteiger partial charge on any atom is 0.263 e. The van der Waals surface area contributed by atoms with Gasteiger partial charge in [0.05, 0.1) is 5.69 Å². The highest BCUT2D eigenvalue weighted by Crippen LogP contribution is 2.40. The van der Waals surface area contributed by atoms with Crippen LogP contribution in [-0.4, -0.2) is 40.4 Å². The molecule has 2 fully saturated rings. The lowest BCUT2D eigenvalue weighted by molar-refractivity contribution is 0.0935. The van der Waals surface area contributed by atoms with Crippen LogP contribution in [-0.2, 0) is 0 Å². The molecule has 1 N–H and O–H groups in total. The van der Waals surface area contributed by atoms with Crippen LogP contribution in [0.2, 0.25) is 0 Å². The van der Waals surface area contributed by atoms with E-state index in [2.05, 4.69) is 35.4 Å². The molecule has 0 unspecified atom stereocenters. The van der Waals surface area contributed by atoms with Gasteiger partial charge in [0.15, 0.2) is 0 Å². The molecule has 5 heteroatoms. The van der Waals surface area contributed by atoms with Gasteiger partial charge in [-0.05, 0) is 50.2 Å². The number of nitrogens with one attached hydrogen (secondary N) is 1. The van der Waals surface area contributed by atoms with E-state index in [0.717, 1.165) is 23.7 Å². The van der Waals surface area contributed by atoms with Gasteiger partial charge < -0.3 is 5.32 Å². The minimum Gasteiger partial charge on any atom is -0.347 e. The minimum absolute atomic E-state index is 0.0526. The Bertz CT molecular complexity index is 495. The van der Waals surface area contributed by atoms with E-state index in [9.17, 15) is 4.79 Å². The lowest BCUT2D eigenvalue weighted by Gasteiger charge is -2.20. The fourth-order valence-corrected chi connectivity index (χ4v) is 3.54. The SMILES string of the molecule is CC(C)N1C[C@@H](C)[C@@H](NC(=O)c2cc(C3CC3)ns2)C1. The second-order valence-corrected chi connectivity index (χ2v) is 7.30. The summed E-state index contributed by atoms with van der Waals surface area (Å²) in [5, 5.41) is 3.19. The number of carbonyl (C=O) groups is 1.